The van der Waals surface area contributed by atoms with Crippen LogP contribution < -0.4 is 16.6 Å². The van der Waals surface area contributed by atoms with Crippen molar-refractivity contribution in [2.45, 2.75) is 20.4 Å². The Morgan fingerprint density at radius 1 is 1.03 bits per heavy atom. The molecule has 4 aromatic rings. The van der Waals surface area contributed by atoms with Gasteiger partial charge in [0.05, 0.1) is 11.1 Å². The molecule has 2 heterocycles. The second-order valence-corrected chi connectivity index (χ2v) is 8.10. The van der Waals surface area contributed by atoms with Crippen molar-refractivity contribution in [3.05, 3.63) is 97.2 Å². The summed E-state index contributed by atoms with van der Waals surface area (Å²) in [6.45, 7) is 3.19. The first kappa shape index (κ1) is 20.7. The minimum Gasteiger partial charge on any atom is -0.324 e. The molecule has 0 saturated heterocycles. The summed E-state index contributed by atoms with van der Waals surface area (Å²) in [7, 11) is 0. The molecule has 31 heavy (non-hydrogen) atoms. The van der Waals surface area contributed by atoms with Gasteiger partial charge in [-0.05, 0) is 55.8 Å². The number of hydrogen-bond acceptors (Lipinski definition) is 4. The number of aryl methyl sites for hydroxylation is 2. The van der Waals surface area contributed by atoms with Gasteiger partial charge in [-0.15, -0.1) is 0 Å². The SMILES string of the molecule is Cc1cc(C)c2c(=O)n(CC(=O)Nc3cccc(Br)c3)c(=O)n(-c3ccccc3)c2n1. The number of rotatable bonds is 4. The molecule has 0 radical (unpaired) electrons. The van der Waals surface area contributed by atoms with E-state index in [1.165, 1.54) is 4.57 Å². The molecule has 156 valence electrons. The first-order valence-corrected chi connectivity index (χ1v) is 10.4. The maximum absolute atomic E-state index is 13.4. The Labute approximate surface area is 186 Å². The van der Waals surface area contributed by atoms with Crippen LogP contribution in [0.4, 0.5) is 5.69 Å². The van der Waals surface area contributed by atoms with Gasteiger partial charge in [0.25, 0.3) is 5.56 Å². The van der Waals surface area contributed by atoms with Gasteiger partial charge in [0, 0.05) is 15.9 Å². The first-order chi connectivity index (χ1) is 14.8. The molecule has 0 fully saturated rings. The molecule has 0 bridgehead atoms. The Bertz CT molecular complexity index is 1420. The van der Waals surface area contributed by atoms with E-state index in [2.05, 4.69) is 26.2 Å². The fraction of sp³-hybridized carbons (Fsp3) is 0.130. The topological polar surface area (TPSA) is 86.0 Å². The highest BCUT2D eigenvalue weighted by Gasteiger charge is 2.19. The van der Waals surface area contributed by atoms with Crippen molar-refractivity contribution < 1.29 is 4.79 Å². The van der Waals surface area contributed by atoms with Gasteiger partial charge in [0.1, 0.15) is 6.54 Å². The van der Waals surface area contributed by atoms with E-state index in [-0.39, 0.29) is 5.65 Å². The monoisotopic (exact) mass is 478 g/mol. The van der Waals surface area contributed by atoms with Gasteiger partial charge < -0.3 is 5.32 Å². The molecule has 0 aliphatic rings. The zero-order valence-corrected chi connectivity index (χ0v) is 18.5. The van der Waals surface area contributed by atoms with Crippen LogP contribution in [0.2, 0.25) is 0 Å². The Kier molecular flexibility index (Phi) is 5.56. The van der Waals surface area contributed by atoms with Crippen LogP contribution in [0.3, 0.4) is 0 Å². The minimum absolute atomic E-state index is 0.280. The third-order valence-corrected chi connectivity index (χ3v) is 5.34. The van der Waals surface area contributed by atoms with Crippen molar-refractivity contribution in [3.63, 3.8) is 0 Å². The second kappa shape index (κ2) is 8.31. The number of fused-ring (bicyclic) bond motifs is 1. The molecular weight excluding hydrogens is 460 g/mol. The average Bonchev–Trinajstić information content (AvgIpc) is 2.71. The lowest BCUT2D eigenvalue weighted by atomic mass is 10.1. The van der Waals surface area contributed by atoms with Gasteiger partial charge in [-0.2, -0.15) is 0 Å². The van der Waals surface area contributed by atoms with E-state index in [0.29, 0.717) is 28.0 Å². The van der Waals surface area contributed by atoms with Crippen LogP contribution in [0.5, 0.6) is 0 Å². The largest absolute Gasteiger partial charge is 0.337 e. The fourth-order valence-corrected chi connectivity index (χ4v) is 3.94. The Morgan fingerprint density at radius 2 is 1.77 bits per heavy atom. The number of anilines is 1. The highest BCUT2D eigenvalue weighted by Crippen LogP contribution is 2.17. The number of carbonyl (C=O) groups excluding carboxylic acids is 1. The molecule has 2 aromatic carbocycles. The highest BCUT2D eigenvalue weighted by molar-refractivity contribution is 9.10. The lowest BCUT2D eigenvalue weighted by molar-refractivity contribution is -0.116. The van der Waals surface area contributed by atoms with Crippen LogP contribution in [0.15, 0.2) is 74.7 Å². The zero-order chi connectivity index (χ0) is 22.1. The summed E-state index contributed by atoms with van der Waals surface area (Å²) in [5.41, 5.74) is 1.63. The van der Waals surface area contributed by atoms with Crippen LogP contribution in [-0.4, -0.2) is 20.0 Å². The maximum Gasteiger partial charge on any atom is 0.337 e. The van der Waals surface area contributed by atoms with Crippen LogP contribution in [0.25, 0.3) is 16.7 Å². The van der Waals surface area contributed by atoms with Crippen molar-refractivity contribution in [2.75, 3.05) is 5.32 Å². The standard InChI is InChI=1S/C23H19BrN4O3/c1-14-11-15(2)25-21-20(14)22(30)27(23(31)28(21)18-9-4-3-5-10-18)13-19(29)26-17-8-6-7-16(24)12-17/h3-12H,13H2,1-2H3,(H,26,29). The third kappa shape index (κ3) is 4.06. The number of para-hydroxylation sites is 1. The van der Waals surface area contributed by atoms with Gasteiger partial charge >= 0.3 is 5.69 Å². The first-order valence-electron chi connectivity index (χ1n) is 9.60. The smallest absolute Gasteiger partial charge is 0.324 e. The van der Waals surface area contributed by atoms with E-state index in [0.717, 1.165) is 9.04 Å². The van der Waals surface area contributed by atoms with E-state index in [1.807, 2.05) is 19.1 Å². The van der Waals surface area contributed by atoms with Crippen LogP contribution in [-0.2, 0) is 11.3 Å². The summed E-state index contributed by atoms with van der Waals surface area (Å²) >= 11 is 3.35. The van der Waals surface area contributed by atoms with Gasteiger partial charge in [-0.25, -0.2) is 18.9 Å². The van der Waals surface area contributed by atoms with Crippen LogP contribution in [0, 0.1) is 13.8 Å². The molecule has 1 N–H and O–H groups in total. The number of benzene rings is 2. The average molecular weight is 479 g/mol. The van der Waals surface area contributed by atoms with Gasteiger partial charge in [0.2, 0.25) is 5.91 Å². The van der Waals surface area contributed by atoms with Crippen molar-refractivity contribution >= 4 is 38.6 Å². The number of pyridine rings is 1. The van der Waals surface area contributed by atoms with Crippen LogP contribution in [0.1, 0.15) is 11.3 Å². The van der Waals surface area contributed by atoms with E-state index >= 15 is 0 Å². The van der Waals surface area contributed by atoms with Crippen molar-refractivity contribution in [1.82, 2.24) is 14.1 Å². The molecule has 0 aliphatic carbocycles. The van der Waals surface area contributed by atoms with Gasteiger partial charge in [-0.3, -0.25) is 9.59 Å². The predicted octanol–water partition coefficient (Wildman–Crippen LogP) is 3.57. The summed E-state index contributed by atoms with van der Waals surface area (Å²) in [4.78, 5) is 43.7. The molecule has 7 nitrogen and oxygen atoms in total. The molecule has 0 aliphatic heterocycles. The van der Waals surface area contributed by atoms with E-state index in [1.54, 1.807) is 55.5 Å². The molecule has 0 saturated carbocycles. The summed E-state index contributed by atoms with van der Waals surface area (Å²) in [6, 6.07) is 17.8. The second-order valence-electron chi connectivity index (χ2n) is 7.18. The summed E-state index contributed by atoms with van der Waals surface area (Å²) in [5.74, 6) is -0.478. The number of halogens is 1. The molecule has 2 aromatic heterocycles. The number of amides is 1. The highest BCUT2D eigenvalue weighted by atomic mass is 79.9. The molecule has 0 atom stereocenters. The number of nitrogens with one attached hydrogen (secondary N) is 1. The molecule has 0 spiro atoms. The maximum atomic E-state index is 13.4. The number of hydrogen-bond donors (Lipinski definition) is 1. The Hall–Kier alpha value is -3.52. The minimum atomic E-state index is -0.620. The van der Waals surface area contributed by atoms with E-state index in [9.17, 15) is 14.4 Å². The van der Waals surface area contributed by atoms with Gasteiger partial charge in [-0.1, -0.05) is 40.2 Å². The lowest BCUT2D eigenvalue weighted by Gasteiger charge is -2.15. The molecular formula is C23H19BrN4O3. The fourth-order valence-electron chi connectivity index (χ4n) is 3.54. The molecule has 0 unspecified atom stereocenters. The van der Waals surface area contributed by atoms with Crippen molar-refractivity contribution in [2.24, 2.45) is 0 Å². The summed E-state index contributed by atoms with van der Waals surface area (Å²) in [6.07, 6.45) is 0. The summed E-state index contributed by atoms with van der Waals surface area (Å²) in [5, 5.41) is 3.03. The summed E-state index contributed by atoms with van der Waals surface area (Å²) < 4.78 is 3.13. The Balaban J connectivity index is 1.89. The van der Waals surface area contributed by atoms with Crippen molar-refractivity contribution in [1.29, 1.82) is 0 Å². The Morgan fingerprint density at radius 3 is 2.48 bits per heavy atom. The van der Waals surface area contributed by atoms with Gasteiger partial charge in [0.15, 0.2) is 5.65 Å². The molecule has 4 rings (SSSR count). The molecule has 8 heteroatoms. The molecule has 1 amide bonds. The number of carbonyl (C=O) groups is 1. The third-order valence-electron chi connectivity index (χ3n) is 4.84. The quantitative estimate of drug-likeness (QED) is 0.485. The predicted molar refractivity (Wildman–Crippen MR) is 124 cm³/mol. The van der Waals surface area contributed by atoms with Crippen molar-refractivity contribution in [3.8, 4) is 5.69 Å². The lowest BCUT2D eigenvalue weighted by Crippen LogP contribution is -2.42. The number of nitrogens with zero attached hydrogens (tertiary/aromatic N) is 3. The number of aromatic nitrogens is 3. The van der Waals surface area contributed by atoms with E-state index in [4.69, 9.17) is 0 Å². The van der Waals surface area contributed by atoms with Crippen LogP contribution >= 0.6 is 15.9 Å². The normalized spacial score (nSPS) is 10.9. The zero-order valence-electron chi connectivity index (χ0n) is 16.9. The van der Waals surface area contributed by atoms with E-state index < -0.39 is 23.7 Å².